The van der Waals surface area contributed by atoms with Crippen LogP contribution in [-0.4, -0.2) is 138 Å². The van der Waals surface area contributed by atoms with Crippen LogP contribution in [0.3, 0.4) is 0 Å². The summed E-state index contributed by atoms with van der Waals surface area (Å²) in [7, 11) is 0. The quantitative estimate of drug-likeness (QED) is 0.0292. The fourth-order valence-electron chi connectivity index (χ4n) is 5.98. The van der Waals surface area contributed by atoms with E-state index < -0.39 is 96.4 Å². The van der Waals surface area contributed by atoms with E-state index in [1.807, 2.05) is 6.26 Å². The molecule has 1 aromatic rings. The van der Waals surface area contributed by atoms with E-state index in [1.54, 1.807) is 44.2 Å². The molecule has 13 N–H and O–H groups in total. The van der Waals surface area contributed by atoms with Crippen molar-refractivity contribution in [3.05, 3.63) is 35.9 Å². The van der Waals surface area contributed by atoms with Gasteiger partial charge in [-0.3, -0.25) is 33.6 Å². The maximum absolute atomic E-state index is 13.9. The Morgan fingerprint density at radius 2 is 1.30 bits per heavy atom. The number of aldehydes is 1. The Morgan fingerprint density at radius 1 is 0.738 bits per heavy atom. The van der Waals surface area contributed by atoms with Gasteiger partial charge in [-0.05, 0) is 81.9 Å². The molecule has 61 heavy (non-hydrogen) atoms. The molecule has 7 amide bonds. The van der Waals surface area contributed by atoms with E-state index in [0.29, 0.717) is 62.7 Å². The fourth-order valence-corrected chi connectivity index (χ4v) is 6.45. The molecule has 0 heterocycles. The molecule has 1 aromatic carbocycles. The minimum atomic E-state index is -1.59. The van der Waals surface area contributed by atoms with Gasteiger partial charge >= 0.3 is 0 Å². The van der Waals surface area contributed by atoms with E-state index in [9.17, 15) is 48.6 Å². The fraction of sp³-hybridized carbons (Fsp3) is 0.659. The lowest BCUT2D eigenvalue weighted by atomic mass is 9.97. The second-order valence-corrected chi connectivity index (χ2v) is 16.0. The number of carbonyl (C=O) groups is 8. The van der Waals surface area contributed by atoms with Crippen molar-refractivity contribution >= 4 is 59.4 Å². The number of unbranched alkanes of at least 4 members (excludes halogenated alkanes) is 2. The second kappa shape index (κ2) is 30.4. The van der Waals surface area contributed by atoms with E-state index in [0.717, 1.165) is 0 Å². The monoisotopic (exact) mass is 879 g/mol. The van der Waals surface area contributed by atoms with Crippen LogP contribution in [-0.2, 0) is 44.8 Å². The number of hydrogen-bond donors (Lipinski definition) is 11. The highest BCUT2D eigenvalue weighted by atomic mass is 32.2. The number of carbonyl (C=O) groups excluding carboxylic acids is 8. The van der Waals surface area contributed by atoms with Gasteiger partial charge in [-0.15, -0.1) is 0 Å². The maximum atomic E-state index is 13.9. The zero-order valence-corrected chi connectivity index (χ0v) is 36.9. The Hall–Kier alpha value is -4.63. The van der Waals surface area contributed by atoms with Gasteiger partial charge in [-0.1, -0.05) is 50.6 Å². The summed E-state index contributed by atoms with van der Waals surface area (Å²) in [6, 6.07) is 0.206. The maximum Gasteiger partial charge on any atom is 0.245 e. The summed E-state index contributed by atoms with van der Waals surface area (Å²) in [5.74, 6) is -4.84. The molecule has 0 spiro atoms. The average Bonchev–Trinajstić information content (AvgIpc) is 3.23. The Kier molecular flexibility index (Phi) is 27.1. The Morgan fingerprint density at radius 3 is 1.87 bits per heavy atom. The molecule has 0 bridgehead atoms. The first kappa shape index (κ1) is 54.4. The number of hydrogen-bond acceptors (Lipinski definition) is 13. The summed E-state index contributed by atoms with van der Waals surface area (Å²) in [5.41, 5.74) is 12.1. The Balaban J connectivity index is 3.31. The van der Waals surface area contributed by atoms with Crippen LogP contribution < -0.4 is 48.7 Å². The topological polar surface area (TPSA) is 313 Å². The zero-order chi connectivity index (χ0) is 45.9. The first-order valence-electron chi connectivity index (χ1n) is 20.8. The molecule has 0 fully saturated rings. The van der Waals surface area contributed by atoms with Gasteiger partial charge in [-0.2, -0.15) is 11.8 Å². The first-order chi connectivity index (χ1) is 29.0. The lowest BCUT2D eigenvalue weighted by Gasteiger charge is -2.29. The minimum Gasteiger partial charge on any atom is -0.394 e. The molecular weight excluding hydrogens is 811 g/mol. The second-order valence-electron chi connectivity index (χ2n) is 15.1. The van der Waals surface area contributed by atoms with Crippen LogP contribution in [0.2, 0.25) is 0 Å². The van der Waals surface area contributed by atoms with Crippen molar-refractivity contribution < 1.29 is 48.6 Å². The Labute approximate surface area is 363 Å². The van der Waals surface area contributed by atoms with Crippen molar-refractivity contribution in [2.45, 2.75) is 134 Å². The lowest BCUT2D eigenvalue weighted by Crippen LogP contribution is -2.61. The number of nitrogens with two attached hydrogens (primary N) is 2. The summed E-state index contributed by atoms with van der Waals surface area (Å²) in [4.78, 5) is 104. The van der Waals surface area contributed by atoms with Gasteiger partial charge in [0.1, 0.15) is 42.5 Å². The van der Waals surface area contributed by atoms with Crippen molar-refractivity contribution in [3.8, 4) is 0 Å². The highest BCUT2D eigenvalue weighted by molar-refractivity contribution is 7.98. The van der Waals surface area contributed by atoms with Gasteiger partial charge in [-0.25, -0.2) is 0 Å². The SMILES string of the molecule is CC[C@H](C)[C@H](NC(=O)[C@H](CO)NC(=O)[C@H](CCCCNC(C)=O)NC(=O)[C@H](Cc1ccccc1)NC(=O)[C@@H](N)[C@@H](C)O)C(=O)N[C@@H](CCSC)C(=O)N[C@H](C=O)CCCCN. The molecular formula is C41H69N9O10S. The molecule has 0 aliphatic rings. The highest BCUT2D eigenvalue weighted by Gasteiger charge is 2.35. The Bertz CT molecular complexity index is 1540. The summed E-state index contributed by atoms with van der Waals surface area (Å²) < 4.78 is 0. The predicted molar refractivity (Wildman–Crippen MR) is 232 cm³/mol. The van der Waals surface area contributed by atoms with E-state index in [1.165, 1.54) is 25.6 Å². The van der Waals surface area contributed by atoms with Crippen molar-refractivity contribution in [1.82, 2.24) is 37.2 Å². The number of nitrogens with one attached hydrogen (secondary N) is 7. The van der Waals surface area contributed by atoms with Crippen LogP contribution in [0.4, 0.5) is 0 Å². The standard InChI is InChI=1S/C41H69N9O10S/c1-6-25(2)35(41(60)47-31(18-21-61-5)36(55)45-29(23-51)16-10-12-19-42)50-39(58)33(24-52)49-37(56)30(17-11-13-20-44-27(4)54)46-38(57)32(22-28-14-8-7-9-15-28)48-40(59)34(43)26(3)53/h7-9,14-15,23,25-26,29-35,52-53H,6,10-13,16-22,24,42-43H2,1-5H3,(H,44,54)(H,45,55)(H,46,57)(H,47,60)(H,48,59)(H,49,56)(H,50,58)/t25-,26+,29-,30-,31-,32-,33-,34-,35-/m0/s1. The van der Waals surface area contributed by atoms with Crippen molar-refractivity contribution in [2.24, 2.45) is 17.4 Å². The van der Waals surface area contributed by atoms with Crippen LogP contribution in [0.1, 0.15) is 84.6 Å². The molecule has 0 unspecified atom stereocenters. The molecule has 9 atom stereocenters. The number of benzene rings is 1. The predicted octanol–water partition coefficient (Wildman–Crippen LogP) is -1.73. The van der Waals surface area contributed by atoms with Crippen molar-refractivity contribution in [3.63, 3.8) is 0 Å². The molecule has 0 saturated carbocycles. The third kappa shape index (κ3) is 21.1. The van der Waals surface area contributed by atoms with Crippen molar-refractivity contribution in [1.29, 1.82) is 0 Å². The number of thioether (sulfide) groups is 1. The molecule has 0 saturated heterocycles. The lowest BCUT2D eigenvalue weighted by molar-refractivity contribution is -0.136. The van der Waals surface area contributed by atoms with Crippen LogP contribution >= 0.6 is 11.8 Å². The normalized spacial score (nSPS) is 15.5. The van der Waals surface area contributed by atoms with Gasteiger partial charge in [0, 0.05) is 19.9 Å². The van der Waals surface area contributed by atoms with E-state index in [2.05, 4.69) is 37.2 Å². The average molecular weight is 880 g/mol. The van der Waals surface area contributed by atoms with Gasteiger partial charge in [0.15, 0.2) is 0 Å². The largest absolute Gasteiger partial charge is 0.394 e. The number of aliphatic hydroxyl groups excluding tert-OH is 2. The van der Waals surface area contributed by atoms with Gasteiger partial charge in [0.05, 0.1) is 18.8 Å². The van der Waals surface area contributed by atoms with Gasteiger partial charge in [0.25, 0.3) is 0 Å². The number of aliphatic hydroxyl groups is 2. The summed E-state index contributed by atoms with van der Waals surface area (Å²) in [6.07, 6.45) is 4.30. The molecule has 0 radical (unpaired) electrons. The minimum absolute atomic E-state index is 0.00515. The van der Waals surface area contributed by atoms with Crippen LogP contribution in [0.15, 0.2) is 30.3 Å². The molecule has 0 aromatic heterocycles. The smallest absolute Gasteiger partial charge is 0.245 e. The number of amides is 7. The van der Waals surface area contributed by atoms with Gasteiger partial charge < -0.3 is 63.7 Å². The highest BCUT2D eigenvalue weighted by Crippen LogP contribution is 2.12. The molecule has 19 nitrogen and oxygen atoms in total. The summed E-state index contributed by atoms with van der Waals surface area (Å²) in [6.45, 7) is 6.01. The third-order valence-corrected chi connectivity index (χ3v) is 10.6. The first-order valence-corrected chi connectivity index (χ1v) is 22.2. The van der Waals surface area contributed by atoms with E-state index in [4.69, 9.17) is 11.5 Å². The molecule has 20 heteroatoms. The molecule has 0 aliphatic carbocycles. The molecule has 0 aliphatic heterocycles. The third-order valence-electron chi connectivity index (χ3n) is 9.98. The van der Waals surface area contributed by atoms with Crippen LogP contribution in [0.5, 0.6) is 0 Å². The van der Waals surface area contributed by atoms with Crippen LogP contribution in [0.25, 0.3) is 0 Å². The summed E-state index contributed by atoms with van der Waals surface area (Å²) >= 11 is 1.45. The van der Waals surface area contributed by atoms with E-state index >= 15 is 0 Å². The zero-order valence-electron chi connectivity index (χ0n) is 36.1. The van der Waals surface area contributed by atoms with E-state index in [-0.39, 0.29) is 31.7 Å². The number of rotatable bonds is 31. The van der Waals surface area contributed by atoms with Gasteiger partial charge in [0.2, 0.25) is 41.4 Å². The van der Waals surface area contributed by atoms with Crippen LogP contribution in [0, 0.1) is 5.92 Å². The summed E-state index contributed by atoms with van der Waals surface area (Å²) in [5, 5.41) is 38.5. The molecule has 344 valence electrons. The van der Waals surface area contributed by atoms with Crippen molar-refractivity contribution in [2.75, 3.05) is 31.7 Å². The molecule has 1 rings (SSSR count).